The highest BCUT2D eigenvalue weighted by atomic mass is 79.9. The maximum absolute atomic E-state index is 11.6. The van der Waals surface area contributed by atoms with Crippen LogP contribution in [0.1, 0.15) is 26.6 Å². The van der Waals surface area contributed by atoms with Crippen molar-refractivity contribution in [1.82, 2.24) is 9.97 Å². The average molecular weight is 257 g/mol. The topological polar surface area (TPSA) is 42.9 Å². The minimum absolute atomic E-state index is 0.153. The SMILES string of the molecule is CC(C)(C)C(=O)Cc1ncc(Br)cn1. The molecule has 1 heterocycles. The fraction of sp³-hybridized carbons (Fsp3) is 0.500. The maximum atomic E-state index is 11.6. The Labute approximate surface area is 92.1 Å². The Morgan fingerprint density at radius 1 is 1.36 bits per heavy atom. The lowest BCUT2D eigenvalue weighted by Crippen LogP contribution is -2.22. The Balaban J connectivity index is 2.71. The summed E-state index contributed by atoms with van der Waals surface area (Å²) >= 11 is 3.24. The van der Waals surface area contributed by atoms with Crippen molar-refractivity contribution >= 4 is 21.7 Å². The highest BCUT2D eigenvalue weighted by Gasteiger charge is 2.21. The highest BCUT2D eigenvalue weighted by Crippen LogP contribution is 2.16. The number of carbonyl (C=O) groups excluding carboxylic acids is 1. The molecule has 0 saturated heterocycles. The summed E-state index contributed by atoms with van der Waals surface area (Å²) < 4.78 is 0.824. The summed E-state index contributed by atoms with van der Waals surface area (Å²) in [6.07, 6.45) is 3.60. The van der Waals surface area contributed by atoms with Crippen molar-refractivity contribution in [2.45, 2.75) is 27.2 Å². The molecule has 0 radical (unpaired) electrons. The first-order valence-electron chi connectivity index (χ1n) is 4.39. The maximum Gasteiger partial charge on any atom is 0.145 e. The summed E-state index contributed by atoms with van der Waals surface area (Å²) in [5.41, 5.74) is -0.323. The molecule has 0 aromatic carbocycles. The van der Waals surface area contributed by atoms with Gasteiger partial charge in [-0.05, 0) is 15.9 Å². The molecule has 0 N–H and O–H groups in total. The quantitative estimate of drug-likeness (QED) is 0.817. The van der Waals surface area contributed by atoms with Crippen LogP contribution in [0.5, 0.6) is 0 Å². The molecule has 76 valence electrons. The normalized spacial score (nSPS) is 11.4. The second-order valence-corrected chi connectivity index (χ2v) is 5.08. The molecule has 14 heavy (non-hydrogen) atoms. The van der Waals surface area contributed by atoms with E-state index in [-0.39, 0.29) is 11.2 Å². The first-order chi connectivity index (χ1) is 6.39. The summed E-state index contributed by atoms with van der Waals surface area (Å²) in [4.78, 5) is 19.7. The molecule has 0 fully saturated rings. The number of carbonyl (C=O) groups is 1. The predicted molar refractivity (Wildman–Crippen MR) is 57.9 cm³/mol. The molecule has 0 atom stereocenters. The van der Waals surface area contributed by atoms with Crippen LogP contribution in [0.3, 0.4) is 0 Å². The van der Waals surface area contributed by atoms with Gasteiger partial charge in [0, 0.05) is 17.8 Å². The van der Waals surface area contributed by atoms with E-state index < -0.39 is 0 Å². The largest absolute Gasteiger partial charge is 0.299 e. The van der Waals surface area contributed by atoms with Crippen LogP contribution < -0.4 is 0 Å². The van der Waals surface area contributed by atoms with Gasteiger partial charge in [0.15, 0.2) is 0 Å². The molecule has 1 rings (SSSR count). The van der Waals surface area contributed by atoms with Crippen molar-refractivity contribution in [2.75, 3.05) is 0 Å². The van der Waals surface area contributed by atoms with E-state index in [9.17, 15) is 4.79 Å². The first-order valence-corrected chi connectivity index (χ1v) is 5.18. The molecular formula is C10H13BrN2O. The molecule has 0 aliphatic carbocycles. The van der Waals surface area contributed by atoms with E-state index in [1.54, 1.807) is 12.4 Å². The van der Waals surface area contributed by atoms with E-state index in [1.165, 1.54) is 0 Å². The van der Waals surface area contributed by atoms with Gasteiger partial charge >= 0.3 is 0 Å². The average Bonchev–Trinajstić information content (AvgIpc) is 2.07. The van der Waals surface area contributed by atoms with Crippen molar-refractivity contribution in [3.05, 3.63) is 22.7 Å². The molecule has 0 saturated carbocycles. The molecule has 0 spiro atoms. The Hall–Kier alpha value is -0.770. The third-order valence-electron chi connectivity index (χ3n) is 1.83. The number of Topliss-reactive ketones (excluding diaryl/α,β-unsaturated/α-hetero) is 1. The van der Waals surface area contributed by atoms with E-state index in [0.717, 1.165) is 4.47 Å². The fourth-order valence-electron chi connectivity index (χ4n) is 0.839. The van der Waals surface area contributed by atoms with Crippen LogP contribution in [0.2, 0.25) is 0 Å². The van der Waals surface area contributed by atoms with Gasteiger partial charge in [-0.3, -0.25) is 4.79 Å². The van der Waals surface area contributed by atoms with Gasteiger partial charge in [0.25, 0.3) is 0 Å². The van der Waals surface area contributed by atoms with Gasteiger partial charge in [0.2, 0.25) is 0 Å². The zero-order valence-corrected chi connectivity index (χ0v) is 10.1. The number of hydrogen-bond donors (Lipinski definition) is 0. The molecular weight excluding hydrogens is 244 g/mol. The van der Waals surface area contributed by atoms with Crippen molar-refractivity contribution in [3.8, 4) is 0 Å². The molecule has 1 aromatic heterocycles. The van der Waals surface area contributed by atoms with Crippen LogP contribution in [0.15, 0.2) is 16.9 Å². The summed E-state index contributed by atoms with van der Waals surface area (Å²) in [6, 6.07) is 0. The van der Waals surface area contributed by atoms with Gasteiger partial charge < -0.3 is 0 Å². The van der Waals surface area contributed by atoms with Gasteiger partial charge in [0.05, 0.1) is 10.9 Å². The van der Waals surface area contributed by atoms with Crippen LogP contribution >= 0.6 is 15.9 Å². The molecule has 4 heteroatoms. The number of ketones is 1. The van der Waals surface area contributed by atoms with Crippen LogP contribution in [0, 0.1) is 5.41 Å². The van der Waals surface area contributed by atoms with Crippen LogP contribution in [-0.2, 0) is 11.2 Å². The third-order valence-corrected chi connectivity index (χ3v) is 2.24. The second kappa shape index (κ2) is 4.17. The molecule has 0 unspecified atom stereocenters. The van der Waals surface area contributed by atoms with Gasteiger partial charge in [0.1, 0.15) is 11.6 Å². The third kappa shape index (κ3) is 3.18. The Morgan fingerprint density at radius 2 is 1.86 bits per heavy atom. The van der Waals surface area contributed by atoms with Gasteiger partial charge in [-0.2, -0.15) is 0 Å². The van der Waals surface area contributed by atoms with E-state index in [1.807, 2.05) is 20.8 Å². The first kappa shape index (κ1) is 11.3. The van der Waals surface area contributed by atoms with E-state index >= 15 is 0 Å². The summed E-state index contributed by atoms with van der Waals surface area (Å²) in [5.74, 6) is 0.730. The Morgan fingerprint density at radius 3 is 2.29 bits per heavy atom. The number of rotatable bonds is 2. The smallest absolute Gasteiger partial charge is 0.145 e. The predicted octanol–water partition coefficient (Wildman–Crippen LogP) is 2.40. The minimum atomic E-state index is -0.323. The number of halogens is 1. The van der Waals surface area contributed by atoms with Gasteiger partial charge in [-0.15, -0.1) is 0 Å². The van der Waals surface area contributed by atoms with Crippen molar-refractivity contribution < 1.29 is 4.79 Å². The van der Waals surface area contributed by atoms with Gasteiger partial charge in [-0.1, -0.05) is 20.8 Å². The van der Waals surface area contributed by atoms with Crippen molar-refractivity contribution in [2.24, 2.45) is 5.41 Å². The molecule has 3 nitrogen and oxygen atoms in total. The summed E-state index contributed by atoms with van der Waals surface area (Å²) in [5, 5.41) is 0. The summed E-state index contributed by atoms with van der Waals surface area (Å²) in [7, 11) is 0. The lowest BCUT2D eigenvalue weighted by molar-refractivity contribution is -0.125. The molecule has 1 aromatic rings. The second-order valence-electron chi connectivity index (χ2n) is 4.17. The van der Waals surface area contributed by atoms with E-state index in [0.29, 0.717) is 12.2 Å². The van der Waals surface area contributed by atoms with Crippen molar-refractivity contribution in [3.63, 3.8) is 0 Å². The van der Waals surface area contributed by atoms with Gasteiger partial charge in [-0.25, -0.2) is 9.97 Å². The number of nitrogens with zero attached hydrogens (tertiary/aromatic N) is 2. The Bertz CT molecular complexity index is 327. The van der Waals surface area contributed by atoms with Crippen LogP contribution in [-0.4, -0.2) is 15.8 Å². The highest BCUT2D eigenvalue weighted by molar-refractivity contribution is 9.10. The number of aromatic nitrogens is 2. The lowest BCUT2D eigenvalue weighted by Gasteiger charge is -2.15. The van der Waals surface area contributed by atoms with E-state index in [4.69, 9.17) is 0 Å². The lowest BCUT2D eigenvalue weighted by atomic mass is 9.89. The standard InChI is InChI=1S/C10H13BrN2O/c1-10(2,3)8(14)4-9-12-5-7(11)6-13-9/h5-6H,4H2,1-3H3. The zero-order valence-electron chi connectivity index (χ0n) is 8.54. The monoisotopic (exact) mass is 256 g/mol. The van der Waals surface area contributed by atoms with E-state index in [2.05, 4.69) is 25.9 Å². The summed E-state index contributed by atoms with van der Waals surface area (Å²) in [6.45, 7) is 5.69. The molecule has 0 aliphatic rings. The fourth-order valence-corrected chi connectivity index (χ4v) is 1.04. The van der Waals surface area contributed by atoms with Crippen LogP contribution in [0.4, 0.5) is 0 Å². The Kier molecular flexibility index (Phi) is 3.37. The number of hydrogen-bond acceptors (Lipinski definition) is 3. The minimum Gasteiger partial charge on any atom is -0.299 e. The molecule has 0 amide bonds. The zero-order chi connectivity index (χ0) is 10.8. The molecule has 0 bridgehead atoms. The molecule has 0 aliphatic heterocycles. The van der Waals surface area contributed by atoms with Crippen molar-refractivity contribution in [1.29, 1.82) is 0 Å². The van der Waals surface area contributed by atoms with Crippen LogP contribution in [0.25, 0.3) is 0 Å².